The van der Waals surface area contributed by atoms with Gasteiger partial charge in [-0.1, -0.05) is 0 Å². The lowest BCUT2D eigenvalue weighted by atomic mass is 10.3. The van der Waals surface area contributed by atoms with Crippen molar-refractivity contribution in [1.82, 2.24) is 29.1 Å². The Balaban J connectivity index is 2.10. The van der Waals surface area contributed by atoms with Gasteiger partial charge in [-0.3, -0.25) is 9.36 Å². The first-order chi connectivity index (χ1) is 10.3. The Labute approximate surface area is 117 Å². The van der Waals surface area contributed by atoms with Crippen molar-refractivity contribution in [3.63, 3.8) is 0 Å². The summed E-state index contributed by atoms with van der Waals surface area (Å²) < 4.78 is 2.75. The van der Waals surface area contributed by atoms with Crippen molar-refractivity contribution in [2.45, 2.75) is 0 Å². The minimum atomic E-state index is -0.341. The molecule has 8 nitrogen and oxygen atoms in total. The van der Waals surface area contributed by atoms with Gasteiger partial charge in [0.1, 0.15) is 6.33 Å². The molecule has 4 heterocycles. The summed E-state index contributed by atoms with van der Waals surface area (Å²) in [5.74, 6) is 0.511. The van der Waals surface area contributed by atoms with Gasteiger partial charge in [0, 0.05) is 18.6 Å². The van der Waals surface area contributed by atoms with E-state index in [9.17, 15) is 9.90 Å². The van der Waals surface area contributed by atoms with Crippen LogP contribution in [0, 0.1) is 0 Å². The first-order valence-electron chi connectivity index (χ1n) is 6.10. The van der Waals surface area contributed by atoms with Crippen LogP contribution in [-0.2, 0) is 0 Å². The summed E-state index contributed by atoms with van der Waals surface area (Å²) in [4.78, 5) is 24.6. The molecule has 0 aliphatic carbocycles. The molecule has 21 heavy (non-hydrogen) atoms. The zero-order chi connectivity index (χ0) is 14.4. The molecule has 0 spiro atoms. The second-order valence-corrected chi connectivity index (χ2v) is 4.37. The molecule has 4 aromatic heterocycles. The van der Waals surface area contributed by atoms with Crippen LogP contribution in [0.4, 0.5) is 0 Å². The van der Waals surface area contributed by atoms with E-state index in [2.05, 4.69) is 20.1 Å². The predicted octanol–water partition coefficient (Wildman–Crippen LogP) is 0.529. The third kappa shape index (κ3) is 1.59. The molecule has 0 bridgehead atoms. The van der Waals surface area contributed by atoms with Crippen molar-refractivity contribution < 1.29 is 5.11 Å². The highest BCUT2D eigenvalue weighted by atomic mass is 16.3. The lowest BCUT2D eigenvalue weighted by Gasteiger charge is -2.07. The number of fused-ring (bicyclic) bond motifs is 3. The lowest BCUT2D eigenvalue weighted by molar-refractivity contribution is 0.468. The summed E-state index contributed by atoms with van der Waals surface area (Å²) in [6, 6.07) is 4.76. The molecule has 0 saturated heterocycles. The van der Waals surface area contributed by atoms with Crippen LogP contribution in [0.1, 0.15) is 0 Å². The van der Waals surface area contributed by atoms with E-state index in [1.54, 1.807) is 12.1 Å². The molecule has 0 radical (unpaired) electrons. The van der Waals surface area contributed by atoms with Gasteiger partial charge < -0.3 is 5.11 Å². The highest BCUT2D eigenvalue weighted by Gasteiger charge is 2.12. The quantitative estimate of drug-likeness (QED) is 0.546. The first kappa shape index (κ1) is 11.5. The zero-order valence-corrected chi connectivity index (χ0v) is 10.6. The molecule has 0 fully saturated rings. The van der Waals surface area contributed by atoms with Crippen molar-refractivity contribution in [2.75, 3.05) is 0 Å². The van der Waals surface area contributed by atoms with Crippen molar-refractivity contribution in [2.24, 2.45) is 0 Å². The van der Waals surface area contributed by atoms with Gasteiger partial charge >= 0.3 is 0 Å². The average molecular weight is 280 g/mol. The summed E-state index contributed by atoms with van der Waals surface area (Å²) in [7, 11) is 0. The molecule has 0 aliphatic rings. The van der Waals surface area contributed by atoms with E-state index in [1.165, 1.54) is 40.1 Å². The number of nitrogens with zero attached hydrogens (tertiary/aromatic N) is 6. The van der Waals surface area contributed by atoms with Crippen LogP contribution < -0.4 is 5.56 Å². The van der Waals surface area contributed by atoms with E-state index in [-0.39, 0.29) is 17.1 Å². The maximum Gasteiger partial charge on any atom is 0.267 e. The third-order valence-electron chi connectivity index (χ3n) is 3.17. The minimum absolute atomic E-state index is 0.0752. The van der Waals surface area contributed by atoms with Crippen LogP contribution in [0.3, 0.4) is 0 Å². The minimum Gasteiger partial charge on any atom is -0.504 e. The topological polar surface area (TPSA) is 98.2 Å². The molecule has 1 N–H and O–H groups in total. The van der Waals surface area contributed by atoms with Crippen molar-refractivity contribution in [3.05, 3.63) is 53.5 Å². The molecule has 4 rings (SSSR count). The van der Waals surface area contributed by atoms with Crippen molar-refractivity contribution >= 4 is 16.7 Å². The molecule has 0 aromatic carbocycles. The van der Waals surface area contributed by atoms with Crippen LogP contribution in [0.15, 0.2) is 47.9 Å². The highest BCUT2D eigenvalue weighted by Crippen LogP contribution is 2.17. The SMILES string of the molecule is O=c1c2cnc3ncnn3c2ccn1-c1ncccc1O. The Kier molecular flexibility index (Phi) is 2.25. The molecule has 0 amide bonds. The normalized spacial score (nSPS) is 11.2. The van der Waals surface area contributed by atoms with Gasteiger partial charge in [0.05, 0.1) is 10.9 Å². The smallest absolute Gasteiger partial charge is 0.267 e. The van der Waals surface area contributed by atoms with Gasteiger partial charge in [0.15, 0.2) is 11.6 Å². The number of aromatic nitrogens is 6. The van der Waals surface area contributed by atoms with E-state index in [4.69, 9.17) is 0 Å². The molecule has 0 unspecified atom stereocenters. The first-order valence-corrected chi connectivity index (χ1v) is 6.10. The van der Waals surface area contributed by atoms with E-state index in [0.717, 1.165) is 0 Å². The van der Waals surface area contributed by atoms with Gasteiger partial charge in [-0.25, -0.2) is 9.97 Å². The van der Waals surface area contributed by atoms with Gasteiger partial charge in [0.2, 0.25) is 0 Å². The number of hydrogen-bond acceptors (Lipinski definition) is 6. The van der Waals surface area contributed by atoms with Crippen LogP contribution >= 0.6 is 0 Å². The third-order valence-corrected chi connectivity index (χ3v) is 3.17. The largest absolute Gasteiger partial charge is 0.504 e. The standard InChI is InChI=1S/C13H8N6O2/c20-10-2-1-4-14-11(10)18-5-3-9-8(12(18)21)6-15-13-16-7-17-19(9)13/h1-7,20H. The number of aromatic hydroxyl groups is 1. The Morgan fingerprint density at radius 2 is 2.05 bits per heavy atom. The van der Waals surface area contributed by atoms with Crippen LogP contribution in [0.25, 0.3) is 22.5 Å². The average Bonchev–Trinajstić information content (AvgIpc) is 2.97. The molecular formula is C13H8N6O2. The lowest BCUT2D eigenvalue weighted by Crippen LogP contribution is -2.19. The second kappa shape index (κ2) is 4.10. The van der Waals surface area contributed by atoms with E-state index < -0.39 is 0 Å². The second-order valence-electron chi connectivity index (χ2n) is 4.37. The molecule has 8 heteroatoms. The summed E-state index contributed by atoms with van der Waals surface area (Å²) in [5, 5.41) is 14.2. The Morgan fingerprint density at radius 3 is 2.90 bits per heavy atom. The number of pyridine rings is 2. The monoisotopic (exact) mass is 280 g/mol. The fraction of sp³-hybridized carbons (Fsp3) is 0. The maximum atomic E-state index is 12.6. The van der Waals surface area contributed by atoms with Gasteiger partial charge in [0.25, 0.3) is 11.3 Å². The van der Waals surface area contributed by atoms with Crippen LogP contribution in [0.2, 0.25) is 0 Å². The van der Waals surface area contributed by atoms with E-state index in [0.29, 0.717) is 16.7 Å². The summed E-state index contributed by atoms with van der Waals surface area (Å²) >= 11 is 0. The Hall–Kier alpha value is -3.29. The molecule has 0 aliphatic heterocycles. The molecule has 0 saturated carbocycles. The Morgan fingerprint density at radius 1 is 1.14 bits per heavy atom. The Bertz CT molecular complexity index is 1040. The van der Waals surface area contributed by atoms with Crippen LogP contribution in [0.5, 0.6) is 5.75 Å². The maximum absolute atomic E-state index is 12.6. The molecule has 0 atom stereocenters. The predicted molar refractivity (Wildman–Crippen MR) is 73.3 cm³/mol. The van der Waals surface area contributed by atoms with E-state index >= 15 is 0 Å². The van der Waals surface area contributed by atoms with E-state index in [1.807, 2.05) is 0 Å². The van der Waals surface area contributed by atoms with Crippen molar-refractivity contribution in [3.8, 4) is 11.6 Å². The molecule has 102 valence electrons. The van der Waals surface area contributed by atoms with Gasteiger partial charge in [-0.2, -0.15) is 14.6 Å². The summed E-state index contributed by atoms with van der Waals surface area (Å²) in [5.41, 5.74) is 0.251. The van der Waals surface area contributed by atoms with Crippen LogP contribution in [-0.4, -0.2) is 34.2 Å². The zero-order valence-electron chi connectivity index (χ0n) is 10.6. The van der Waals surface area contributed by atoms with Crippen molar-refractivity contribution in [1.29, 1.82) is 0 Å². The highest BCUT2D eigenvalue weighted by molar-refractivity contribution is 5.78. The number of rotatable bonds is 1. The molecular weight excluding hydrogens is 272 g/mol. The number of hydrogen-bond donors (Lipinski definition) is 1. The fourth-order valence-corrected chi connectivity index (χ4v) is 2.20. The van der Waals surface area contributed by atoms with Gasteiger partial charge in [-0.15, -0.1) is 0 Å². The fourth-order valence-electron chi connectivity index (χ4n) is 2.20. The molecule has 4 aromatic rings. The summed E-state index contributed by atoms with van der Waals surface area (Å²) in [6.07, 6.45) is 5.86. The van der Waals surface area contributed by atoms with Gasteiger partial charge in [-0.05, 0) is 18.2 Å². The summed E-state index contributed by atoms with van der Waals surface area (Å²) in [6.45, 7) is 0.